The first-order chi connectivity index (χ1) is 9.19. The van der Waals surface area contributed by atoms with E-state index in [0.717, 1.165) is 22.4 Å². The highest BCUT2D eigenvalue weighted by molar-refractivity contribution is 14.0. The molecule has 0 unspecified atom stereocenters. The summed E-state index contributed by atoms with van der Waals surface area (Å²) in [6.07, 6.45) is 1.66. The number of aromatic nitrogens is 1. The SMILES string of the molecule is CN=C(NCc1ccco1)NCc1nc(C)sc1C.I. The van der Waals surface area contributed by atoms with E-state index >= 15 is 0 Å². The Kier molecular flexibility index (Phi) is 7.00. The molecule has 0 radical (unpaired) electrons. The number of halogens is 1. The van der Waals surface area contributed by atoms with Crippen LogP contribution in [-0.2, 0) is 13.1 Å². The molecule has 2 N–H and O–H groups in total. The van der Waals surface area contributed by atoms with Gasteiger partial charge in [-0.05, 0) is 26.0 Å². The molecular formula is C13H19IN4OS. The second kappa shape index (κ2) is 8.25. The van der Waals surface area contributed by atoms with Gasteiger partial charge in [0.15, 0.2) is 5.96 Å². The van der Waals surface area contributed by atoms with Crippen molar-refractivity contribution in [3.8, 4) is 0 Å². The van der Waals surface area contributed by atoms with Gasteiger partial charge in [0.2, 0.25) is 0 Å². The summed E-state index contributed by atoms with van der Waals surface area (Å²) in [7, 11) is 1.75. The standard InChI is InChI=1S/C13H18N4OS.HI/c1-9-12(17-10(2)19-9)8-16-13(14-3)15-7-11-5-4-6-18-11;/h4-6H,7-8H2,1-3H3,(H2,14,15,16);1H. The average molecular weight is 406 g/mol. The fourth-order valence-electron chi connectivity index (χ4n) is 1.71. The normalized spacial score (nSPS) is 11.1. The van der Waals surface area contributed by atoms with Gasteiger partial charge in [-0.2, -0.15) is 0 Å². The van der Waals surface area contributed by atoms with Gasteiger partial charge in [-0.25, -0.2) is 4.98 Å². The molecule has 0 saturated carbocycles. The Morgan fingerprint density at radius 3 is 2.65 bits per heavy atom. The number of nitrogens with one attached hydrogen (secondary N) is 2. The molecule has 0 atom stereocenters. The maximum absolute atomic E-state index is 5.26. The van der Waals surface area contributed by atoms with Crippen LogP contribution in [0.1, 0.15) is 21.3 Å². The lowest BCUT2D eigenvalue weighted by Crippen LogP contribution is -2.36. The van der Waals surface area contributed by atoms with Crippen molar-refractivity contribution in [1.29, 1.82) is 0 Å². The summed E-state index contributed by atoms with van der Waals surface area (Å²) in [5.74, 6) is 1.62. The first kappa shape index (κ1) is 17.0. The van der Waals surface area contributed by atoms with Crippen LogP contribution in [0.2, 0.25) is 0 Å². The summed E-state index contributed by atoms with van der Waals surface area (Å²) in [4.78, 5) is 9.89. The zero-order valence-electron chi connectivity index (χ0n) is 11.8. The molecule has 0 aromatic carbocycles. The fourth-order valence-corrected chi connectivity index (χ4v) is 2.54. The Bertz CT molecular complexity index is 551. The van der Waals surface area contributed by atoms with Crippen molar-refractivity contribution < 1.29 is 4.42 Å². The topological polar surface area (TPSA) is 62.5 Å². The van der Waals surface area contributed by atoms with Gasteiger partial charge in [-0.15, -0.1) is 35.3 Å². The highest BCUT2D eigenvalue weighted by Crippen LogP contribution is 2.15. The third-order valence-electron chi connectivity index (χ3n) is 2.66. The van der Waals surface area contributed by atoms with Gasteiger partial charge < -0.3 is 15.1 Å². The van der Waals surface area contributed by atoms with E-state index in [2.05, 4.69) is 27.5 Å². The van der Waals surface area contributed by atoms with Gasteiger partial charge >= 0.3 is 0 Å². The first-order valence-corrected chi connectivity index (χ1v) is 6.90. The highest BCUT2D eigenvalue weighted by atomic mass is 127. The molecule has 0 spiro atoms. The monoisotopic (exact) mass is 406 g/mol. The van der Waals surface area contributed by atoms with Crippen LogP contribution in [0.5, 0.6) is 0 Å². The van der Waals surface area contributed by atoms with Crippen LogP contribution in [0.3, 0.4) is 0 Å². The predicted octanol–water partition coefficient (Wildman–Crippen LogP) is 2.84. The van der Waals surface area contributed by atoms with E-state index < -0.39 is 0 Å². The number of thiazole rings is 1. The Hall–Kier alpha value is -1.09. The molecule has 0 saturated heterocycles. The molecule has 2 aromatic heterocycles. The molecular weight excluding hydrogens is 387 g/mol. The zero-order chi connectivity index (χ0) is 13.7. The number of rotatable bonds is 4. The van der Waals surface area contributed by atoms with Crippen LogP contribution >= 0.6 is 35.3 Å². The van der Waals surface area contributed by atoms with Crippen LogP contribution in [0, 0.1) is 13.8 Å². The molecule has 110 valence electrons. The minimum atomic E-state index is 0. The van der Waals surface area contributed by atoms with Gasteiger partial charge in [0.25, 0.3) is 0 Å². The van der Waals surface area contributed by atoms with Gasteiger partial charge in [0, 0.05) is 11.9 Å². The molecule has 0 fully saturated rings. The third kappa shape index (κ3) is 4.78. The molecule has 0 aliphatic rings. The highest BCUT2D eigenvalue weighted by Gasteiger charge is 2.06. The van der Waals surface area contributed by atoms with Crippen molar-refractivity contribution in [2.45, 2.75) is 26.9 Å². The quantitative estimate of drug-likeness (QED) is 0.466. The Balaban J connectivity index is 0.00000200. The molecule has 2 heterocycles. The summed E-state index contributed by atoms with van der Waals surface area (Å²) in [5, 5.41) is 7.52. The summed E-state index contributed by atoms with van der Waals surface area (Å²) in [6, 6.07) is 3.79. The summed E-state index contributed by atoms with van der Waals surface area (Å²) in [6.45, 7) is 5.39. The number of guanidine groups is 1. The van der Waals surface area contributed by atoms with Crippen LogP contribution in [-0.4, -0.2) is 18.0 Å². The molecule has 0 aliphatic heterocycles. The number of furan rings is 1. The van der Waals surface area contributed by atoms with Crippen molar-refractivity contribution in [1.82, 2.24) is 15.6 Å². The third-order valence-corrected chi connectivity index (χ3v) is 3.59. The molecule has 20 heavy (non-hydrogen) atoms. The van der Waals surface area contributed by atoms with Gasteiger partial charge in [-0.1, -0.05) is 0 Å². The Morgan fingerprint density at radius 1 is 1.35 bits per heavy atom. The van der Waals surface area contributed by atoms with E-state index in [4.69, 9.17) is 4.42 Å². The molecule has 0 aliphatic carbocycles. The van der Waals surface area contributed by atoms with E-state index in [1.54, 1.807) is 24.6 Å². The maximum Gasteiger partial charge on any atom is 0.191 e. The minimum absolute atomic E-state index is 0. The molecule has 2 aromatic rings. The number of nitrogens with zero attached hydrogens (tertiary/aromatic N) is 2. The van der Waals surface area contributed by atoms with Crippen LogP contribution in [0.4, 0.5) is 0 Å². The minimum Gasteiger partial charge on any atom is -0.467 e. The summed E-state index contributed by atoms with van der Waals surface area (Å²) in [5.41, 5.74) is 1.07. The largest absolute Gasteiger partial charge is 0.467 e. The number of hydrogen-bond acceptors (Lipinski definition) is 4. The van der Waals surface area contributed by atoms with Crippen LogP contribution in [0.25, 0.3) is 0 Å². The van der Waals surface area contributed by atoms with Crippen molar-refractivity contribution in [3.05, 3.63) is 39.7 Å². The number of aryl methyl sites for hydroxylation is 2. The van der Waals surface area contributed by atoms with Gasteiger partial charge in [0.05, 0.1) is 30.1 Å². The molecule has 5 nitrogen and oxygen atoms in total. The van der Waals surface area contributed by atoms with E-state index in [1.807, 2.05) is 19.1 Å². The van der Waals surface area contributed by atoms with E-state index in [-0.39, 0.29) is 24.0 Å². The van der Waals surface area contributed by atoms with Crippen LogP contribution in [0.15, 0.2) is 27.8 Å². The van der Waals surface area contributed by atoms with Crippen molar-refractivity contribution in [2.24, 2.45) is 4.99 Å². The number of aliphatic imine (C=N–C) groups is 1. The van der Waals surface area contributed by atoms with E-state index in [9.17, 15) is 0 Å². The van der Waals surface area contributed by atoms with Crippen molar-refractivity contribution in [2.75, 3.05) is 7.05 Å². The maximum atomic E-state index is 5.26. The smallest absolute Gasteiger partial charge is 0.191 e. The van der Waals surface area contributed by atoms with Crippen LogP contribution < -0.4 is 10.6 Å². The van der Waals surface area contributed by atoms with E-state index in [1.165, 1.54) is 4.88 Å². The fraction of sp³-hybridized carbons (Fsp3) is 0.385. The predicted molar refractivity (Wildman–Crippen MR) is 92.7 cm³/mol. The van der Waals surface area contributed by atoms with Crippen molar-refractivity contribution >= 4 is 41.3 Å². The molecule has 2 rings (SSSR count). The second-order valence-electron chi connectivity index (χ2n) is 4.09. The summed E-state index contributed by atoms with van der Waals surface area (Å²) < 4.78 is 5.26. The molecule has 7 heteroatoms. The Morgan fingerprint density at radius 2 is 2.10 bits per heavy atom. The lowest BCUT2D eigenvalue weighted by Gasteiger charge is -2.10. The number of hydrogen-bond donors (Lipinski definition) is 2. The Labute approximate surface area is 139 Å². The van der Waals surface area contributed by atoms with Gasteiger partial charge in [0.1, 0.15) is 5.76 Å². The molecule has 0 amide bonds. The van der Waals surface area contributed by atoms with Crippen molar-refractivity contribution in [3.63, 3.8) is 0 Å². The summed E-state index contributed by atoms with van der Waals surface area (Å²) >= 11 is 1.71. The lowest BCUT2D eigenvalue weighted by molar-refractivity contribution is 0.501. The first-order valence-electron chi connectivity index (χ1n) is 6.09. The average Bonchev–Trinajstić information content (AvgIpc) is 3.00. The zero-order valence-corrected chi connectivity index (χ0v) is 14.9. The molecule has 0 bridgehead atoms. The lowest BCUT2D eigenvalue weighted by atomic mass is 10.4. The van der Waals surface area contributed by atoms with E-state index in [0.29, 0.717) is 13.1 Å². The van der Waals surface area contributed by atoms with Gasteiger partial charge in [-0.3, -0.25) is 4.99 Å². The second-order valence-corrected chi connectivity index (χ2v) is 5.50.